The van der Waals surface area contributed by atoms with Gasteiger partial charge in [0.05, 0.1) is 0 Å². The van der Waals surface area contributed by atoms with Gasteiger partial charge in [-0.25, -0.2) is 0 Å². The lowest BCUT2D eigenvalue weighted by Gasteiger charge is -2.00. The summed E-state index contributed by atoms with van der Waals surface area (Å²) in [5.74, 6) is -0.663. The van der Waals surface area contributed by atoms with E-state index in [1.807, 2.05) is 0 Å². The molecule has 5 heteroatoms. The average Bonchev–Trinajstić information content (AvgIpc) is 2.50. The normalized spacial score (nSPS) is 10.1. The molecule has 0 bridgehead atoms. The number of carboxylic acids is 1. The monoisotopic (exact) mass is 318 g/mol. The number of unbranched alkanes of at least 4 members (excludes halogenated alkanes) is 7. The second-order valence-electron chi connectivity index (χ2n) is 5.59. The van der Waals surface area contributed by atoms with E-state index < -0.39 is 5.97 Å². The molecule has 22 heavy (non-hydrogen) atoms. The smallest absolute Gasteiger partial charge is 0.303 e. The number of rotatable bonds is 15. The van der Waals surface area contributed by atoms with Crippen molar-refractivity contribution in [3.63, 3.8) is 0 Å². The average molecular weight is 319 g/mol. The summed E-state index contributed by atoms with van der Waals surface area (Å²) in [6.45, 7) is 5.20. The molecule has 0 aliphatic heterocycles. The summed E-state index contributed by atoms with van der Waals surface area (Å²) < 4.78 is 0. The molecule has 5 nitrogen and oxygen atoms in total. The van der Waals surface area contributed by atoms with Crippen molar-refractivity contribution in [2.45, 2.75) is 77.6 Å². The Hall–Kier alpha value is -0.650. The maximum atomic E-state index is 10.1. The highest BCUT2D eigenvalue weighted by atomic mass is 16.4. The Morgan fingerprint density at radius 1 is 0.909 bits per heavy atom. The zero-order valence-corrected chi connectivity index (χ0v) is 14.5. The molecule has 0 fully saturated rings. The van der Waals surface area contributed by atoms with Crippen molar-refractivity contribution in [2.24, 2.45) is 5.73 Å². The van der Waals surface area contributed by atoms with Crippen LogP contribution in [0.2, 0.25) is 0 Å². The summed E-state index contributed by atoms with van der Waals surface area (Å²) in [4.78, 5) is 10.1. The van der Waals surface area contributed by atoms with Crippen molar-refractivity contribution in [3.8, 4) is 0 Å². The fraction of sp³-hybridized carbons (Fsp3) is 0.941. The minimum atomic E-state index is -0.663. The van der Waals surface area contributed by atoms with Crippen LogP contribution in [0.25, 0.3) is 0 Å². The molecule has 0 spiro atoms. The summed E-state index contributed by atoms with van der Waals surface area (Å²) in [5.41, 5.74) is 5.30. The highest BCUT2D eigenvalue weighted by Gasteiger charge is 1.95. The van der Waals surface area contributed by atoms with E-state index in [4.69, 9.17) is 15.9 Å². The van der Waals surface area contributed by atoms with Gasteiger partial charge in [-0.15, -0.1) is 0 Å². The Labute approximate surface area is 136 Å². The predicted octanol–water partition coefficient (Wildman–Crippen LogP) is 2.91. The molecule has 0 heterocycles. The first-order valence-corrected chi connectivity index (χ1v) is 8.92. The first-order valence-electron chi connectivity index (χ1n) is 8.92. The van der Waals surface area contributed by atoms with E-state index in [1.54, 1.807) is 0 Å². The molecular formula is C17H38N2O3. The Morgan fingerprint density at radius 2 is 1.50 bits per heavy atom. The molecule has 0 aliphatic carbocycles. The summed E-state index contributed by atoms with van der Waals surface area (Å²) in [6, 6.07) is 0. The molecule has 0 aromatic heterocycles. The molecule has 0 rings (SSSR count). The number of nitrogens with two attached hydrogens (primary N) is 1. The molecule has 0 unspecified atom stereocenters. The van der Waals surface area contributed by atoms with Gasteiger partial charge in [-0.1, -0.05) is 45.4 Å². The van der Waals surface area contributed by atoms with Gasteiger partial charge in [0, 0.05) is 13.0 Å². The largest absolute Gasteiger partial charge is 0.481 e. The first kappa shape index (κ1) is 23.6. The minimum Gasteiger partial charge on any atom is -0.481 e. The lowest BCUT2D eigenvalue weighted by Crippen LogP contribution is -2.18. The van der Waals surface area contributed by atoms with Crippen LogP contribution in [0.3, 0.4) is 0 Å². The van der Waals surface area contributed by atoms with Gasteiger partial charge < -0.3 is 21.3 Å². The van der Waals surface area contributed by atoms with Crippen LogP contribution in [0.15, 0.2) is 0 Å². The van der Waals surface area contributed by atoms with Crippen molar-refractivity contribution in [1.29, 1.82) is 0 Å². The molecule has 0 saturated carbocycles. The molecule has 0 aliphatic rings. The SMILES string of the molecule is CCCCCCCCCC(=O)O.NCCCCNCCCO. The minimum absolute atomic E-state index is 0.282. The fourth-order valence-corrected chi connectivity index (χ4v) is 1.96. The third-order valence-corrected chi connectivity index (χ3v) is 3.31. The Bertz CT molecular complexity index is 206. The van der Waals surface area contributed by atoms with E-state index in [9.17, 15) is 4.79 Å². The van der Waals surface area contributed by atoms with Crippen LogP contribution in [-0.4, -0.2) is 42.4 Å². The lowest BCUT2D eigenvalue weighted by molar-refractivity contribution is -0.137. The van der Waals surface area contributed by atoms with Gasteiger partial charge in [-0.3, -0.25) is 4.79 Å². The van der Waals surface area contributed by atoms with Crippen LogP contribution in [0, 0.1) is 0 Å². The van der Waals surface area contributed by atoms with Gasteiger partial charge in [-0.2, -0.15) is 0 Å². The molecule has 0 amide bonds. The van der Waals surface area contributed by atoms with Crippen LogP contribution >= 0.6 is 0 Å². The number of aliphatic hydroxyl groups excluding tert-OH is 1. The molecule has 0 radical (unpaired) electrons. The summed E-state index contributed by atoms with van der Waals surface area (Å²) in [6.07, 6.45) is 11.7. The highest BCUT2D eigenvalue weighted by molar-refractivity contribution is 5.66. The Balaban J connectivity index is 0. The van der Waals surface area contributed by atoms with E-state index in [2.05, 4.69) is 12.2 Å². The fourth-order valence-electron chi connectivity index (χ4n) is 1.96. The number of aliphatic hydroxyl groups is 1. The van der Waals surface area contributed by atoms with E-state index >= 15 is 0 Å². The van der Waals surface area contributed by atoms with E-state index in [0.29, 0.717) is 6.42 Å². The lowest BCUT2D eigenvalue weighted by atomic mass is 10.1. The van der Waals surface area contributed by atoms with Crippen molar-refractivity contribution in [2.75, 3.05) is 26.2 Å². The second kappa shape index (κ2) is 22.6. The van der Waals surface area contributed by atoms with Gasteiger partial charge in [0.1, 0.15) is 0 Å². The third-order valence-electron chi connectivity index (χ3n) is 3.31. The maximum Gasteiger partial charge on any atom is 0.303 e. The van der Waals surface area contributed by atoms with E-state index in [0.717, 1.165) is 51.7 Å². The van der Waals surface area contributed by atoms with Crippen molar-refractivity contribution < 1.29 is 15.0 Å². The first-order chi connectivity index (χ1) is 10.7. The molecule has 0 aromatic rings. The summed E-state index contributed by atoms with van der Waals surface area (Å²) in [7, 11) is 0. The number of nitrogens with one attached hydrogen (secondary N) is 1. The summed E-state index contributed by atoms with van der Waals surface area (Å²) in [5, 5.41) is 20.0. The molecule has 0 atom stereocenters. The standard InChI is InChI=1S/C10H20O2.C7H18N2O/c1-2-3-4-5-6-7-8-9-10(11)12;8-4-1-2-5-9-6-3-7-10/h2-9H2,1H3,(H,11,12);9-10H,1-8H2. The van der Waals surface area contributed by atoms with Crippen molar-refractivity contribution in [1.82, 2.24) is 5.32 Å². The van der Waals surface area contributed by atoms with Crippen LogP contribution in [-0.2, 0) is 4.79 Å². The zero-order chi connectivity index (χ0) is 16.9. The molecular weight excluding hydrogens is 280 g/mol. The number of carboxylic acid groups (broad SMARTS) is 1. The quantitative estimate of drug-likeness (QED) is 0.348. The molecule has 0 aromatic carbocycles. The molecule has 5 N–H and O–H groups in total. The van der Waals surface area contributed by atoms with Crippen molar-refractivity contribution >= 4 is 5.97 Å². The zero-order valence-electron chi connectivity index (χ0n) is 14.5. The van der Waals surface area contributed by atoms with Gasteiger partial charge in [0.2, 0.25) is 0 Å². The maximum absolute atomic E-state index is 10.1. The van der Waals surface area contributed by atoms with Gasteiger partial charge in [0.15, 0.2) is 0 Å². The van der Waals surface area contributed by atoms with Crippen LogP contribution in [0.1, 0.15) is 77.6 Å². The van der Waals surface area contributed by atoms with Crippen molar-refractivity contribution in [3.05, 3.63) is 0 Å². The molecule has 0 saturated heterocycles. The number of carbonyl (C=O) groups is 1. The van der Waals surface area contributed by atoms with E-state index in [1.165, 1.54) is 32.1 Å². The Morgan fingerprint density at radius 3 is 2.05 bits per heavy atom. The Kier molecular flexibility index (Phi) is 24.3. The van der Waals surface area contributed by atoms with Crippen LogP contribution in [0.5, 0.6) is 0 Å². The van der Waals surface area contributed by atoms with Crippen LogP contribution in [0.4, 0.5) is 0 Å². The summed E-state index contributed by atoms with van der Waals surface area (Å²) >= 11 is 0. The van der Waals surface area contributed by atoms with Crippen LogP contribution < -0.4 is 11.1 Å². The number of hydrogen-bond donors (Lipinski definition) is 4. The topological polar surface area (TPSA) is 95.6 Å². The number of hydrogen-bond acceptors (Lipinski definition) is 4. The highest BCUT2D eigenvalue weighted by Crippen LogP contribution is 2.07. The van der Waals surface area contributed by atoms with Gasteiger partial charge in [0.25, 0.3) is 0 Å². The van der Waals surface area contributed by atoms with E-state index in [-0.39, 0.29) is 6.61 Å². The number of aliphatic carboxylic acids is 1. The van der Waals surface area contributed by atoms with Gasteiger partial charge >= 0.3 is 5.97 Å². The predicted molar refractivity (Wildman–Crippen MR) is 93.1 cm³/mol. The second-order valence-corrected chi connectivity index (χ2v) is 5.59. The van der Waals surface area contributed by atoms with Gasteiger partial charge in [-0.05, 0) is 45.3 Å². The molecule has 134 valence electrons. The third kappa shape index (κ3) is 27.7.